The number of nitrogens with zero attached hydrogens (tertiary/aromatic N) is 2. The van der Waals surface area contributed by atoms with Gasteiger partial charge in [-0.25, -0.2) is 4.68 Å². The first-order valence-corrected chi connectivity index (χ1v) is 8.32. The standard InChI is InChI=1S/C20H20N4O/c1-12-4-9-18-17(10-12)19-11-13(2)23-24(19)20(22-18)15-5-7-16(8-6-15)21-14(3)25/h4-11,20,22H,1-3H3,(H,21,25)/t20-/m0/s1. The fourth-order valence-corrected chi connectivity index (χ4v) is 3.30. The molecule has 0 radical (unpaired) electrons. The topological polar surface area (TPSA) is 59.0 Å². The molecule has 1 aliphatic heterocycles. The quantitative estimate of drug-likeness (QED) is 0.743. The van der Waals surface area contributed by atoms with Crippen molar-refractivity contribution in [3.63, 3.8) is 0 Å². The summed E-state index contributed by atoms with van der Waals surface area (Å²) in [5.41, 5.74) is 7.49. The zero-order valence-electron chi connectivity index (χ0n) is 14.5. The van der Waals surface area contributed by atoms with Crippen LogP contribution in [0.1, 0.15) is 29.9 Å². The number of anilines is 2. The van der Waals surface area contributed by atoms with Crippen LogP contribution in [0.4, 0.5) is 11.4 Å². The molecule has 25 heavy (non-hydrogen) atoms. The highest BCUT2D eigenvalue weighted by atomic mass is 16.1. The summed E-state index contributed by atoms with van der Waals surface area (Å²) in [4.78, 5) is 11.2. The van der Waals surface area contributed by atoms with E-state index in [1.165, 1.54) is 18.1 Å². The fourth-order valence-electron chi connectivity index (χ4n) is 3.30. The fraction of sp³-hybridized carbons (Fsp3) is 0.200. The van der Waals surface area contributed by atoms with Crippen molar-refractivity contribution in [1.82, 2.24) is 9.78 Å². The molecule has 5 heteroatoms. The molecular formula is C20H20N4O. The molecule has 2 N–H and O–H groups in total. The normalized spacial score (nSPS) is 15.1. The van der Waals surface area contributed by atoms with Crippen LogP contribution in [0, 0.1) is 13.8 Å². The predicted octanol–water partition coefficient (Wildman–Crippen LogP) is 4.10. The Morgan fingerprint density at radius 3 is 2.60 bits per heavy atom. The van der Waals surface area contributed by atoms with Gasteiger partial charge in [0.1, 0.15) is 6.17 Å². The number of aromatic nitrogens is 2. The van der Waals surface area contributed by atoms with Gasteiger partial charge in [0.15, 0.2) is 0 Å². The van der Waals surface area contributed by atoms with E-state index < -0.39 is 0 Å². The number of amides is 1. The van der Waals surface area contributed by atoms with Gasteiger partial charge >= 0.3 is 0 Å². The van der Waals surface area contributed by atoms with E-state index in [-0.39, 0.29) is 12.1 Å². The molecule has 0 saturated heterocycles. The van der Waals surface area contributed by atoms with Crippen molar-refractivity contribution in [3.8, 4) is 11.3 Å². The Morgan fingerprint density at radius 1 is 1.12 bits per heavy atom. The number of fused-ring (bicyclic) bond motifs is 3. The van der Waals surface area contributed by atoms with E-state index in [0.717, 1.165) is 28.3 Å². The molecule has 126 valence electrons. The van der Waals surface area contributed by atoms with Crippen LogP contribution in [-0.2, 0) is 4.79 Å². The Balaban J connectivity index is 1.76. The molecule has 0 bridgehead atoms. The maximum absolute atomic E-state index is 11.2. The molecule has 0 fully saturated rings. The Bertz CT molecular complexity index is 956. The lowest BCUT2D eigenvalue weighted by Gasteiger charge is -2.29. The highest BCUT2D eigenvalue weighted by molar-refractivity contribution is 5.88. The van der Waals surface area contributed by atoms with Crippen LogP contribution in [0.5, 0.6) is 0 Å². The molecule has 0 aliphatic carbocycles. The second-order valence-electron chi connectivity index (χ2n) is 6.51. The van der Waals surface area contributed by atoms with Crippen LogP contribution >= 0.6 is 0 Å². The monoisotopic (exact) mass is 332 g/mol. The minimum absolute atomic E-state index is 0.0715. The van der Waals surface area contributed by atoms with Crippen LogP contribution in [-0.4, -0.2) is 15.7 Å². The second-order valence-corrected chi connectivity index (χ2v) is 6.51. The van der Waals surface area contributed by atoms with Crippen molar-refractivity contribution in [3.05, 3.63) is 65.4 Å². The van der Waals surface area contributed by atoms with Crippen molar-refractivity contribution in [2.24, 2.45) is 0 Å². The zero-order valence-corrected chi connectivity index (χ0v) is 14.5. The number of carbonyl (C=O) groups is 1. The van der Waals surface area contributed by atoms with Crippen molar-refractivity contribution in [1.29, 1.82) is 0 Å². The number of nitrogens with one attached hydrogen (secondary N) is 2. The lowest BCUT2D eigenvalue weighted by molar-refractivity contribution is -0.114. The van der Waals surface area contributed by atoms with Crippen LogP contribution in [0.15, 0.2) is 48.5 Å². The maximum atomic E-state index is 11.2. The summed E-state index contributed by atoms with van der Waals surface area (Å²) in [6.45, 7) is 5.62. The maximum Gasteiger partial charge on any atom is 0.221 e. The number of carbonyl (C=O) groups excluding carboxylic acids is 1. The Morgan fingerprint density at radius 2 is 1.88 bits per heavy atom. The van der Waals surface area contributed by atoms with Crippen molar-refractivity contribution in [2.45, 2.75) is 26.9 Å². The lowest BCUT2D eigenvalue weighted by atomic mass is 10.0. The van der Waals surface area contributed by atoms with E-state index in [9.17, 15) is 4.79 Å². The Kier molecular flexibility index (Phi) is 3.57. The van der Waals surface area contributed by atoms with Gasteiger partial charge in [-0.05, 0) is 49.7 Å². The third-order valence-electron chi connectivity index (χ3n) is 4.39. The van der Waals surface area contributed by atoms with Crippen LogP contribution in [0.2, 0.25) is 0 Å². The molecule has 1 atom stereocenters. The van der Waals surface area contributed by atoms with Crippen molar-refractivity contribution >= 4 is 17.3 Å². The van der Waals surface area contributed by atoms with Crippen molar-refractivity contribution < 1.29 is 4.79 Å². The van der Waals surface area contributed by atoms with Gasteiger partial charge in [0.05, 0.1) is 11.4 Å². The predicted molar refractivity (Wildman–Crippen MR) is 99.6 cm³/mol. The van der Waals surface area contributed by atoms with Gasteiger partial charge in [-0.1, -0.05) is 23.8 Å². The second kappa shape index (κ2) is 5.77. The summed E-state index contributed by atoms with van der Waals surface area (Å²) < 4.78 is 2.03. The molecule has 1 aromatic heterocycles. The molecule has 2 aromatic carbocycles. The highest BCUT2D eigenvalue weighted by Gasteiger charge is 2.26. The first-order chi connectivity index (χ1) is 12.0. The average Bonchev–Trinajstić information content (AvgIpc) is 2.96. The molecule has 2 heterocycles. The van der Waals surface area contributed by atoms with Gasteiger partial charge in [-0.15, -0.1) is 0 Å². The number of rotatable bonds is 2. The molecule has 1 amide bonds. The molecule has 1 aliphatic rings. The van der Waals surface area contributed by atoms with Gasteiger partial charge in [-0.2, -0.15) is 5.10 Å². The zero-order chi connectivity index (χ0) is 17.6. The summed E-state index contributed by atoms with van der Waals surface area (Å²) >= 11 is 0. The summed E-state index contributed by atoms with van der Waals surface area (Å²) in [5, 5.41) is 11.1. The average molecular weight is 332 g/mol. The number of aryl methyl sites for hydroxylation is 2. The molecule has 4 rings (SSSR count). The third-order valence-corrected chi connectivity index (χ3v) is 4.39. The molecule has 3 aromatic rings. The number of hydrogen-bond acceptors (Lipinski definition) is 3. The van der Waals surface area contributed by atoms with Crippen LogP contribution in [0.25, 0.3) is 11.3 Å². The lowest BCUT2D eigenvalue weighted by Crippen LogP contribution is -2.25. The molecule has 0 spiro atoms. The van der Waals surface area contributed by atoms with Crippen LogP contribution in [0.3, 0.4) is 0 Å². The number of benzene rings is 2. The summed E-state index contributed by atoms with van der Waals surface area (Å²) in [5.74, 6) is -0.0715. The van der Waals surface area contributed by atoms with E-state index >= 15 is 0 Å². The minimum Gasteiger partial charge on any atom is -0.359 e. The van der Waals surface area contributed by atoms with Crippen LogP contribution < -0.4 is 10.6 Å². The van der Waals surface area contributed by atoms with E-state index in [0.29, 0.717) is 0 Å². The Labute approximate surface area is 146 Å². The van der Waals surface area contributed by atoms with Gasteiger partial charge in [0.2, 0.25) is 5.91 Å². The first kappa shape index (κ1) is 15.4. The summed E-state index contributed by atoms with van der Waals surface area (Å²) in [7, 11) is 0. The molecule has 0 unspecified atom stereocenters. The highest BCUT2D eigenvalue weighted by Crippen LogP contribution is 2.39. The summed E-state index contributed by atoms with van der Waals surface area (Å²) in [6, 6.07) is 16.4. The minimum atomic E-state index is -0.0784. The van der Waals surface area contributed by atoms with Gasteiger partial charge in [-0.3, -0.25) is 4.79 Å². The van der Waals surface area contributed by atoms with E-state index in [4.69, 9.17) is 5.10 Å². The summed E-state index contributed by atoms with van der Waals surface area (Å²) in [6.07, 6.45) is -0.0784. The van der Waals surface area contributed by atoms with Gasteiger partial charge in [0, 0.05) is 23.9 Å². The third kappa shape index (κ3) is 2.78. The van der Waals surface area contributed by atoms with E-state index in [1.807, 2.05) is 35.9 Å². The molecule has 5 nitrogen and oxygen atoms in total. The van der Waals surface area contributed by atoms with Gasteiger partial charge in [0.25, 0.3) is 0 Å². The first-order valence-electron chi connectivity index (χ1n) is 8.32. The van der Waals surface area contributed by atoms with E-state index in [2.05, 4.69) is 41.8 Å². The van der Waals surface area contributed by atoms with Gasteiger partial charge < -0.3 is 10.6 Å². The molecular weight excluding hydrogens is 312 g/mol. The SMILES string of the molecule is CC(=O)Nc1ccc([C@H]2Nc3ccc(C)cc3-c3cc(C)nn32)cc1. The van der Waals surface area contributed by atoms with Crippen molar-refractivity contribution in [2.75, 3.05) is 10.6 Å². The van der Waals surface area contributed by atoms with E-state index in [1.54, 1.807) is 0 Å². The Hall–Kier alpha value is -3.08. The number of hydrogen-bond donors (Lipinski definition) is 2. The smallest absolute Gasteiger partial charge is 0.221 e. The molecule has 0 saturated carbocycles. The largest absolute Gasteiger partial charge is 0.359 e.